The molecule has 0 spiro atoms. The highest BCUT2D eigenvalue weighted by molar-refractivity contribution is 7.13. The van der Waals surface area contributed by atoms with Gasteiger partial charge in [0, 0.05) is 29.5 Å². The van der Waals surface area contributed by atoms with Gasteiger partial charge in [-0.25, -0.2) is 9.97 Å². The second-order valence-corrected chi connectivity index (χ2v) is 6.24. The number of halogens is 1. The van der Waals surface area contributed by atoms with Crippen molar-refractivity contribution in [2.24, 2.45) is 0 Å². The molecule has 1 aromatic carbocycles. The molecule has 3 aromatic heterocycles. The summed E-state index contributed by atoms with van der Waals surface area (Å²) in [4.78, 5) is 28.3. The number of H-pyrrole nitrogens is 1. The topological polar surface area (TPSA) is 83.6 Å². The van der Waals surface area contributed by atoms with E-state index in [1.165, 1.54) is 11.3 Å². The number of amides is 1. The molecule has 0 saturated carbocycles. The first-order valence-electron chi connectivity index (χ1n) is 7.02. The molecular weight excluding hydrogens is 346 g/mol. The summed E-state index contributed by atoms with van der Waals surface area (Å²) in [6.45, 7) is 0. The van der Waals surface area contributed by atoms with Gasteiger partial charge in [-0.1, -0.05) is 17.7 Å². The summed E-state index contributed by atoms with van der Waals surface area (Å²) in [5, 5.41) is 5.61. The van der Waals surface area contributed by atoms with Crippen LogP contribution in [0.4, 0.5) is 5.13 Å². The van der Waals surface area contributed by atoms with Gasteiger partial charge in [0.05, 0.1) is 16.1 Å². The predicted molar refractivity (Wildman–Crippen MR) is 94.4 cm³/mol. The first-order valence-corrected chi connectivity index (χ1v) is 8.27. The molecule has 6 nitrogen and oxygen atoms in total. The van der Waals surface area contributed by atoms with Crippen LogP contribution in [0.15, 0.2) is 48.2 Å². The van der Waals surface area contributed by atoms with E-state index >= 15 is 0 Å². The molecule has 4 aromatic rings. The zero-order valence-corrected chi connectivity index (χ0v) is 13.7. The number of imidazole rings is 1. The van der Waals surface area contributed by atoms with Crippen LogP contribution in [0.1, 0.15) is 10.4 Å². The number of anilines is 1. The zero-order valence-electron chi connectivity index (χ0n) is 12.2. The van der Waals surface area contributed by atoms with Gasteiger partial charge in [-0.15, -0.1) is 11.3 Å². The molecule has 118 valence electrons. The molecule has 0 aliphatic carbocycles. The third-order valence-electron chi connectivity index (χ3n) is 3.44. The largest absolute Gasteiger partial charge is 0.338 e. The molecule has 1 amide bonds. The van der Waals surface area contributed by atoms with E-state index in [0.717, 1.165) is 11.1 Å². The molecule has 0 radical (unpaired) electrons. The number of aromatic amines is 1. The molecule has 2 N–H and O–H groups in total. The lowest BCUT2D eigenvalue weighted by atomic mass is 10.2. The second-order valence-electron chi connectivity index (χ2n) is 4.93. The Morgan fingerprint density at radius 2 is 2.17 bits per heavy atom. The van der Waals surface area contributed by atoms with Gasteiger partial charge in [0.1, 0.15) is 11.3 Å². The third kappa shape index (κ3) is 2.64. The number of pyridine rings is 1. The number of rotatable bonds is 3. The normalized spacial score (nSPS) is 10.9. The molecule has 0 unspecified atom stereocenters. The van der Waals surface area contributed by atoms with E-state index in [2.05, 4.69) is 25.3 Å². The summed E-state index contributed by atoms with van der Waals surface area (Å²) in [6, 6.07) is 7.16. The van der Waals surface area contributed by atoms with Crippen molar-refractivity contribution >= 4 is 45.0 Å². The molecule has 0 bridgehead atoms. The van der Waals surface area contributed by atoms with Gasteiger partial charge in [-0.3, -0.25) is 15.1 Å². The van der Waals surface area contributed by atoms with Crippen LogP contribution in [0.2, 0.25) is 5.02 Å². The van der Waals surface area contributed by atoms with Crippen molar-refractivity contribution in [1.82, 2.24) is 19.9 Å². The minimum Gasteiger partial charge on any atom is -0.338 e. The maximum atomic E-state index is 12.5. The summed E-state index contributed by atoms with van der Waals surface area (Å²) in [5.74, 6) is 0.335. The van der Waals surface area contributed by atoms with Gasteiger partial charge in [-0.2, -0.15) is 0 Å². The number of hydrogen-bond donors (Lipinski definition) is 2. The van der Waals surface area contributed by atoms with Crippen molar-refractivity contribution in [2.45, 2.75) is 0 Å². The van der Waals surface area contributed by atoms with Crippen LogP contribution >= 0.6 is 22.9 Å². The maximum absolute atomic E-state index is 12.5. The lowest BCUT2D eigenvalue weighted by molar-refractivity contribution is 0.102. The van der Waals surface area contributed by atoms with Gasteiger partial charge in [0.2, 0.25) is 0 Å². The van der Waals surface area contributed by atoms with E-state index in [-0.39, 0.29) is 5.91 Å². The number of nitrogens with one attached hydrogen (secondary N) is 2. The van der Waals surface area contributed by atoms with E-state index in [0.29, 0.717) is 27.1 Å². The molecule has 0 aliphatic rings. The predicted octanol–water partition coefficient (Wildman–Crippen LogP) is 3.99. The van der Waals surface area contributed by atoms with Crippen LogP contribution in [-0.2, 0) is 0 Å². The highest BCUT2D eigenvalue weighted by Crippen LogP contribution is 2.28. The van der Waals surface area contributed by atoms with Crippen LogP contribution in [0.5, 0.6) is 0 Å². The van der Waals surface area contributed by atoms with Crippen molar-refractivity contribution in [3.63, 3.8) is 0 Å². The highest BCUT2D eigenvalue weighted by Gasteiger charge is 2.16. The van der Waals surface area contributed by atoms with Crippen LogP contribution < -0.4 is 5.32 Å². The molecule has 0 fully saturated rings. The van der Waals surface area contributed by atoms with E-state index < -0.39 is 0 Å². The average molecular weight is 356 g/mol. The first kappa shape index (κ1) is 14.8. The quantitative estimate of drug-likeness (QED) is 0.582. The number of fused-ring (bicyclic) bond motifs is 1. The Morgan fingerprint density at radius 1 is 1.25 bits per heavy atom. The summed E-state index contributed by atoms with van der Waals surface area (Å²) in [6.07, 6.45) is 4.84. The summed E-state index contributed by atoms with van der Waals surface area (Å²) in [7, 11) is 0. The highest BCUT2D eigenvalue weighted by atomic mass is 35.5. The average Bonchev–Trinajstić information content (AvgIpc) is 3.23. The van der Waals surface area contributed by atoms with E-state index in [4.69, 9.17) is 11.6 Å². The molecule has 0 aliphatic heterocycles. The summed E-state index contributed by atoms with van der Waals surface area (Å²) in [5.41, 5.74) is 2.53. The van der Waals surface area contributed by atoms with E-state index in [1.807, 2.05) is 6.07 Å². The van der Waals surface area contributed by atoms with Gasteiger partial charge in [-0.05, 0) is 18.2 Å². The lowest BCUT2D eigenvalue weighted by Crippen LogP contribution is -2.12. The van der Waals surface area contributed by atoms with Crippen molar-refractivity contribution in [3.05, 3.63) is 58.8 Å². The molecule has 3 heterocycles. The third-order valence-corrected chi connectivity index (χ3v) is 4.43. The van der Waals surface area contributed by atoms with Crippen molar-refractivity contribution in [2.75, 3.05) is 5.32 Å². The Hall–Kier alpha value is -2.77. The Balaban J connectivity index is 1.78. The number of para-hydroxylation sites is 1. The number of benzene rings is 1. The summed E-state index contributed by atoms with van der Waals surface area (Å²) >= 11 is 7.53. The summed E-state index contributed by atoms with van der Waals surface area (Å²) < 4.78 is 0. The minimum absolute atomic E-state index is 0.255. The van der Waals surface area contributed by atoms with Crippen LogP contribution in [0.25, 0.3) is 22.4 Å². The first-order chi connectivity index (χ1) is 11.7. The number of hydrogen-bond acceptors (Lipinski definition) is 5. The molecule has 0 atom stereocenters. The van der Waals surface area contributed by atoms with Crippen molar-refractivity contribution in [1.29, 1.82) is 0 Å². The fraction of sp³-hybridized carbons (Fsp3) is 0. The van der Waals surface area contributed by atoms with Crippen molar-refractivity contribution in [3.8, 4) is 11.4 Å². The Labute approximate surface area is 145 Å². The van der Waals surface area contributed by atoms with Gasteiger partial charge >= 0.3 is 0 Å². The van der Waals surface area contributed by atoms with E-state index in [9.17, 15) is 4.79 Å². The monoisotopic (exact) mass is 355 g/mol. The fourth-order valence-corrected chi connectivity index (χ4v) is 3.09. The lowest BCUT2D eigenvalue weighted by Gasteiger charge is -2.02. The standard InChI is InChI=1S/C16H10ClN5OS/c17-11-8-18-5-4-9(11)14-20-12-3-1-2-10(13(12)21-14)15(23)22-16-19-6-7-24-16/h1-8H,(H,20,21)(H,19,22,23). The number of carbonyl (C=O) groups is 1. The number of thiazole rings is 1. The zero-order chi connectivity index (χ0) is 16.5. The van der Waals surface area contributed by atoms with Crippen molar-refractivity contribution < 1.29 is 4.79 Å². The second kappa shape index (κ2) is 6.03. The fourth-order valence-electron chi connectivity index (χ4n) is 2.36. The smallest absolute Gasteiger partial charge is 0.259 e. The number of nitrogens with zero attached hydrogens (tertiary/aromatic N) is 3. The van der Waals surface area contributed by atoms with Gasteiger partial charge in [0.15, 0.2) is 5.13 Å². The Morgan fingerprint density at radius 3 is 2.96 bits per heavy atom. The number of carbonyl (C=O) groups excluding carboxylic acids is 1. The molecule has 0 saturated heterocycles. The molecule has 8 heteroatoms. The maximum Gasteiger partial charge on any atom is 0.259 e. The molecule has 4 rings (SSSR count). The van der Waals surface area contributed by atoms with Gasteiger partial charge < -0.3 is 4.98 Å². The Kier molecular flexibility index (Phi) is 3.72. The van der Waals surface area contributed by atoms with Crippen LogP contribution in [0, 0.1) is 0 Å². The molecule has 24 heavy (non-hydrogen) atoms. The van der Waals surface area contributed by atoms with Crippen LogP contribution in [-0.4, -0.2) is 25.8 Å². The minimum atomic E-state index is -0.255. The number of aromatic nitrogens is 4. The van der Waals surface area contributed by atoms with E-state index in [1.54, 1.807) is 42.2 Å². The SMILES string of the molecule is O=C(Nc1nccs1)c1cccc2[nH]c(-c3ccncc3Cl)nc12. The van der Waals surface area contributed by atoms with Gasteiger partial charge in [0.25, 0.3) is 5.91 Å². The van der Waals surface area contributed by atoms with Crippen LogP contribution in [0.3, 0.4) is 0 Å². The molecular formula is C16H10ClN5OS. The Bertz CT molecular complexity index is 1030.